The molecule has 0 aliphatic heterocycles. The number of methoxy groups -OCH3 is 1. The van der Waals surface area contributed by atoms with Crippen LogP contribution in [0, 0.1) is 13.8 Å². The molecule has 0 aliphatic rings. The number of nitrogens with two attached hydrogens (primary N) is 4. The van der Waals surface area contributed by atoms with Gasteiger partial charge in [-0.1, -0.05) is 6.07 Å². The number of benzene rings is 2. The molecule has 1 amide bonds. The molecule has 0 atom stereocenters. The van der Waals surface area contributed by atoms with E-state index in [0.29, 0.717) is 16.9 Å². The van der Waals surface area contributed by atoms with E-state index in [1.165, 1.54) is 7.11 Å². The van der Waals surface area contributed by atoms with Gasteiger partial charge in [-0.15, -0.1) is 0 Å². The van der Waals surface area contributed by atoms with Crippen LogP contribution in [-0.4, -0.2) is 19.6 Å². The molecule has 0 unspecified atom stereocenters. The van der Waals surface area contributed by atoms with Gasteiger partial charge in [-0.2, -0.15) is 8.78 Å². The maximum atomic E-state index is 13.1. The van der Waals surface area contributed by atoms with Crippen molar-refractivity contribution in [3.63, 3.8) is 0 Å². The number of rotatable bonds is 5. The molecule has 9 heteroatoms. The first-order chi connectivity index (χ1) is 12.1. The second kappa shape index (κ2) is 7.04. The number of aryl methyl sites for hydroxylation is 1. The SMILES string of the molecule is COc1ccc(C)c(-c2c(N)c(C(N)=O)cc(N(N)C(F)F)c2N)c1C. The average Bonchev–Trinajstić information content (AvgIpc) is 2.57. The maximum absolute atomic E-state index is 13.1. The van der Waals surface area contributed by atoms with Crippen molar-refractivity contribution >= 4 is 23.0 Å². The topological polar surface area (TPSA) is 134 Å². The summed E-state index contributed by atoms with van der Waals surface area (Å²) in [5.41, 5.74) is 19.3. The van der Waals surface area contributed by atoms with Crippen LogP contribution < -0.4 is 32.8 Å². The van der Waals surface area contributed by atoms with Gasteiger partial charge < -0.3 is 21.9 Å². The largest absolute Gasteiger partial charge is 0.496 e. The highest BCUT2D eigenvalue weighted by Crippen LogP contribution is 2.45. The fourth-order valence-electron chi connectivity index (χ4n) is 2.93. The van der Waals surface area contributed by atoms with Gasteiger partial charge >= 0.3 is 6.55 Å². The summed E-state index contributed by atoms with van der Waals surface area (Å²) >= 11 is 0. The van der Waals surface area contributed by atoms with Gasteiger partial charge in [0.05, 0.1) is 29.7 Å². The predicted octanol–water partition coefficient (Wildman–Crippen LogP) is 2.15. The zero-order chi connectivity index (χ0) is 19.8. The summed E-state index contributed by atoms with van der Waals surface area (Å²) in [6.07, 6.45) is 0. The molecule has 0 bridgehead atoms. The Bertz CT molecular complexity index is 871. The summed E-state index contributed by atoms with van der Waals surface area (Å²) in [5.74, 6) is 5.09. The lowest BCUT2D eigenvalue weighted by molar-refractivity contribution is 0.100. The van der Waals surface area contributed by atoms with Gasteiger partial charge in [-0.3, -0.25) is 4.79 Å². The minimum Gasteiger partial charge on any atom is -0.496 e. The number of anilines is 3. The van der Waals surface area contributed by atoms with Crippen LogP contribution in [0.1, 0.15) is 21.5 Å². The third-order valence-corrected chi connectivity index (χ3v) is 4.23. The molecule has 2 aromatic carbocycles. The van der Waals surface area contributed by atoms with Crippen molar-refractivity contribution < 1.29 is 18.3 Å². The number of primary amides is 1. The summed E-state index contributed by atoms with van der Waals surface area (Å²) in [6, 6.07) is 4.59. The Labute approximate surface area is 149 Å². The molecule has 0 spiro atoms. The van der Waals surface area contributed by atoms with E-state index in [9.17, 15) is 13.6 Å². The summed E-state index contributed by atoms with van der Waals surface area (Å²) < 4.78 is 31.5. The maximum Gasteiger partial charge on any atom is 0.328 e. The van der Waals surface area contributed by atoms with Crippen LogP contribution in [0.5, 0.6) is 5.75 Å². The lowest BCUT2D eigenvalue weighted by Crippen LogP contribution is -2.37. The molecule has 2 aromatic rings. The lowest BCUT2D eigenvalue weighted by Gasteiger charge is -2.25. The molecular weight excluding hydrogens is 344 g/mol. The van der Waals surface area contributed by atoms with Crippen molar-refractivity contribution in [1.29, 1.82) is 0 Å². The number of hydrogen-bond acceptors (Lipinski definition) is 6. The molecule has 8 N–H and O–H groups in total. The monoisotopic (exact) mass is 365 g/mol. The zero-order valence-corrected chi connectivity index (χ0v) is 14.6. The fraction of sp³-hybridized carbons (Fsp3) is 0.235. The third kappa shape index (κ3) is 3.08. The van der Waals surface area contributed by atoms with E-state index in [-0.39, 0.29) is 33.2 Å². The quantitative estimate of drug-likeness (QED) is 0.278. The number of ether oxygens (including phenoxy) is 1. The van der Waals surface area contributed by atoms with Gasteiger partial charge in [0, 0.05) is 5.56 Å². The number of alkyl halides is 2. The van der Waals surface area contributed by atoms with Gasteiger partial charge in [-0.25, -0.2) is 10.9 Å². The molecule has 0 saturated heterocycles. The van der Waals surface area contributed by atoms with Crippen molar-refractivity contribution in [2.75, 3.05) is 23.6 Å². The minimum absolute atomic E-state index is 0.0131. The first-order valence-electron chi connectivity index (χ1n) is 7.60. The van der Waals surface area contributed by atoms with Crippen LogP contribution in [0.15, 0.2) is 18.2 Å². The number of hydrogen-bond donors (Lipinski definition) is 4. The van der Waals surface area contributed by atoms with E-state index >= 15 is 0 Å². The Hall–Kier alpha value is -3.07. The molecule has 0 aromatic heterocycles. The molecule has 0 aliphatic carbocycles. The number of nitrogen functional groups attached to an aromatic ring is 2. The summed E-state index contributed by atoms with van der Waals surface area (Å²) in [4.78, 5) is 11.8. The van der Waals surface area contributed by atoms with Crippen LogP contribution in [0.25, 0.3) is 11.1 Å². The van der Waals surface area contributed by atoms with Gasteiger partial charge in [-0.05, 0) is 42.7 Å². The Morgan fingerprint density at radius 2 is 1.77 bits per heavy atom. The number of halogens is 2. The molecular formula is C17H21F2N5O2. The molecule has 7 nitrogen and oxygen atoms in total. The molecule has 26 heavy (non-hydrogen) atoms. The highest BCUT2D eigenvalue weighted by molar-refractivity contribution is 6.08. The van der Waals surface area contributed by atoms with Crippen molar-refractivity contribution in [1.82, 2.24) is 0 Å². The Kier molecular flexibility index (Phi) is 5.22. The van der Waals surface area contributed by atoms with Gasteiger partial charge in [0.1, 0.15) is 5.75 Å². The molecule has 140 valence electrons. The molecule has 0 saturated carbocycles. The Balaban J connectivity index is 2.95. The second-order valence-electron chi connectivity index (χ2n) is 5.78. The van der Waals surface area contributed by atoms with Crippen molar-refractivity contribution in [3.05, 3.63) is 34.9 Å². The summed E-state index contributed by atoms with van der Waals surface area (Å²) in [7, 11) is 1.50. The van der Waals surface area contributed by atoms with E-state index in [1.807, 2.05) is 0 Å². The zero-order valence-electron chi connectivity index (χ0n) is 14.6. The number of hydrazine groups is 1. The van der Waals surface area contributed by atoms with Crippen LogP contribution >= 0.6 is 0 Å². The molecule has 2 rings (SSSR count). The number of carbonyl (C=O) groups is 1. The number of carbonyl (C=O) groups excluding carboxylic acids is 1. The van der Waals surface area contributed by atoms with E-state index < -0.39 is 12.5 Å². The molecule has 0 fully saturated rings. The number of amides is 1. The summed E-state index contributed by atoms with van der Waals surface area (Å²) in [6.45, 7) is 0.524. The average molecular weight is 365 g/mol. The Morgan fingerprint density at radius 1 is 1.15 bits per heavy atom. The van der Waals surface area contributed by atoms with Gasteiger partial charge in [0.15, 0.2) is 0 Å². The number of nitrogens with zero attached hydrogens (tertiary/aromatic N) is 1. The van der Waals surface area contributed by atoms with Crippen molar-refractivity contribution in [2.24, 2.45) is 11.6 Å². The Morgan fingerprint density at radius 3 is 2.27 bits per heavy atom. The highest BCUT2D eigenvalue weighted by Gasteiger charge is 2.26. The second-order valence-corrected chi connectivity index (χ2v) is 5.78. The van der Waals surface area contributed by atoms with E-state index in [1.54, 1.807) is 26.0 Å². The van der Waals surface area contributed by atoms with E-state index in [4.69, 9.17) is 27.8 Å². The van der Waals surface area contributed by atoms with Crippen molar-refractivity contribution in [2.45, 2.75) is 20.4 Å². The summed E-state index contributed by atoms with van der Waals surface area (Å²) in [5, 5.41) is 0.162. The predicted molar refractivity (Wildman–Crippen MR) is 97.9 cm³/mol. The normalized spacial score (nSPS) is 10.9. The third-order valence-electron chi connectivity index (χ3n) is 4.23. The smallest absolute Gasteiger partial charge is 0.328 e. The standard InChI is InChI=1S/C17H21F2N5O2/c1-7-4-5-11(26-3)8(2)12(7)13-14(20)9(16(22)25)6-10(15(13)21)24(23)17(18)19/h4-6,17H,20-21,23H2,1-3H3,(H2,22,25). The minimum atomic E-state index is -3.04. The first-order valence-corrected chi connectivity index (χ1v) is 7.60. The lowest BCUT2D eigenvalue weighted by atomic mass is 9.90. The van der Waals surface area contributed by atoms with Crippen LogP contribution in [0.3, 0.4) is 0 Å². The van der Waals surface area contributed by atoms with Crippen molar-refractivity contribution in [3.8, 4) is 16.9 Å². The van der Waals surface area contributed by atoms with E-state index in [2.05, 4.69) is 0 Å². The molecule has 0 heterocycles. The van der Waals surface area contributed by atoms with Gasteiger partial charge in [0.25, 0.3) is 5.91 Å². The highest BCUT2D eigenvalue weighted by atomic mass is 19.3. The fourth-order valence-corrected chi connectivity index (χ4v) is 2.93. The first kappa shape index (κ1) is 19.3. The van der Waals surface area contributed by atoms with Crippen LogP contribution in [0.4, 0.5) is 25.8 Å². The van der Waals surface area contributed by atoms with Crippen LogP contribution in [-0.2, 0) is 0 Å². The molecule has 0 radical (unpaired) electrons. The van der Waals surface area contributed by atoms with Crippen LogP contribution in [0.2, 0.25) is 0 Å². The van der Waals surface area contributed by atoms with E-state index in [0.717, 1.165) is 11.6 Å². The van der Waals surface area contributed by atoms with Gasteiger partial charge in [0.2, 0.25) is 0 Å².